The molecule has 0 heterocycles. The average Bonchev–Trinajstić information content (AvgIpc) is 2.32. The van der Waals surface area contributed by atoms with Crippen molar-refractivity contribution in [1.82, 2.24) is 0 Å². The minimum Gasteiger partial charge on any atom is -0.462 e. The molecule has 0 radical (unpaired) electrons. The van der Waals surface area contributed by atoms with Gasteiger partial charge < -0.3 is 14.8 Å². The molecule has 1 aliphatic carbocycles. The van der Waals surface area contributed by atoms with Crippen LogP contribution in [0.2, 0.25) is 6.32 Å². The van der Waals surface area contributed by atoms with E-state index in [0.717, 1.165) is 0 Å². The molecule has 6 heteroatoms. The third kappa shape index (κ3) is 6.41. The molecule has 0 aromatic carbocycles. The fraction of sp³-hybridized carbons (Fsp3) is 0.429. The molecule has 110 valence electrons. The second kappa shape index (κ2) is 8.30. The summed E-state index contributed by atoms with van der Waals surface area (Å²) in [7, 11) is -1.41. The van der Waals surface area contributed by atoms with Gasteiger partial charge in [-0.2, -0.15) is 0 Å². The molecule has 0 bridgehead atoms. The fourth-order valence-corrected chi connectivity index (χ4v) is 1.79. The summed E-state index contributed by atoms with van der Waals surface area (Å²) in [4.78, 5) is 0. The minimum atomic E-state index is -1.41. The predicted molar refractivity (Wildman–Crippen MR) is 79.7 cm³/mol. The lowest BCUT2D eigenvalue weighted by Gasteiger charge is -2.19. The van der Waals surface area contributed by atoms with Crippen molar-refractivity contribution in [3.63, 3.8) is 0 Å². The zero-order valence-corrected chi connectivity index (χ0v) is 12.3. The molecule has 0 aromatic rings. The Morgan fingerprint density at radius 1 is 1.65 bits per heavy atom. The second-order valence-electron chi connectivity index (χ2n) is 4.74. The first-order valence-electron chi connectivity index (χ1n) is 6.52. The van der Waals surface area contributed by atoms with Crippen LogP contribution in [-0.2, 0) is 4.74 Å². The molecule has 0 saturated heterocycles. The summed E-state index contributed by atoms with van der Waals surface area (Å²) < 4.78 is 18.9. The summed E-state index contributed by atoms with van der Waals surface area (Å²) in [5.41, 5.74) is 0. The van der Waals surface area contributed by atoms with Gasteiger partial charge in [0.05, 0.1) is 5.38 Å². The van der Waals surface area contributed by atoms with Crippen molar-refractivity contribution in [3.8, 4) is 0 Å². The predicted octanol–water partition coefficient (Wildman–Crippen LogP) is 3.32. The maximum absolute atomic E-state index is 13.3. The third-order valence-electron chi connectivity index (χ3n) is 2.69. The minimum absolute atomic E-state index is 0.0836. The molecule has 0 spiro atoms. The molecule has 0 saturated carbocycles. The highest BCUT2D eigenvalue weighted by molar-refractivity contribution is 6.41. The number of hydrogen-bond acceptors (Lipinski definition) is 3. The Labute approximate surface area is 124 Å². The van der Waals surface area contributed by atoms with Crippen molar-refractivity contribution in [2.45, 2.75) is 32.0 Å². The van der Waals surface area contributed by atoms with Crippen LogP contribution in [0.1, 0.15) is 20.3 Å². The van der Waals surface area contributed by atoms with Crippen molar-refractivity contribution in [2.24, 2.45) is 5.92 Å². The van der Waals surface area contributed by atoms with Gasteiger partial charge in [0.15, 0.2) is 0 Å². The zero-order chi connectivity index (χ0) is 15.1. The monoisotopic (exact) mass is 300 g/mol. The normalized spacial score (nSPS) is 21.5. The van der Waals surface area contributed by atoms with E-state index in [1.807, 2.05) is 6.92 Å². The van der Waals surface area contributed by atoms with Gasteiger partial charge in [-0.15, -0.1) is 11.6 Å². The Kier molecular flexibility index (Phi) is 7.06. The molecule has 1 rings (SSSR count). The summed E-state index contributed by atoms with van der Waals surface area (Å²) >= 11 is 5.90. The molecule has 2 atom stereocenters. The molecule has 0 aliphatic heterocycles. The fourth-order valence-electron chi connectivity index (χ4n) is 1.66. The third-order valence-corrected chi connectivity index (χ3v) is 2.82. The van der Waals surface area contributed by atoms with Crippen LogP contribution in [0.15, 0.2) is 47.7 Å². The van der Waals surface area contributed by atoms with E-state index in [2.05, 4.69) is 0 Å². The Morgan fingerprint density at radius 2 is 2.35 bits per heavy atom. The highest BCUT2D eigenvalue weighted by atomic mass is 35.5. The summed E-state index contributed by atoms with van der Waals surface area (Å²) in [5.74, 6) is 0.759. The van der Waals surface area contributed by atoms with Crippen molar-refractivity contribution < 1.29 is 19.2 Å². The van der Waals surface area contributed by atoms with Gasteiger partial charge in [-0.05, 0) is 31.6 Å². The molecule has 3 nitrogen and oxygen atoms in total. The van der Waals surface area contributed by atoms with Gasteiger partial charge in [-0.25, -0.2) is 4.39 Å². The number of halogens is 2. The van der Waals surface area contributed by atoms with Crippen molar-refractivity contribution in [1.29, 1.82) is 0 Å². The topological polar surface area (TPSA) is 49.7 Å². The van der Waals surface area contributed by atoms with E-state index in [0.29, 0.717) is 17.9 Å². The van der Waals surface area contributed by atoms with E-state index in [1.165, 1.54) is 12.2 Å². The Bertz CT molecular complexity index is 442. The smallest absolute Gasteiger partial charge is 0.455 e. The molecule has 0 amide bonds. The van der Waals surface area contributed by atoms with Gasteiger partial charge in [0, 0.05) is 18.3 Å². The van der Waals surface area contributed by atoms with Crippen LogP contribution in [-0.4, -0.2) is 22.5 Å². The molecule has 20 heavy (non-hydrogen) atoms. The summed E-state index contributed by atoms with van der Waals surface area (Å²) in [6.07, 6.45) is 8.38. The lowest BCUT2D eigenvalue weighted by molar-refractivity contribution is 0.266. The molecule has 2 unspecified atom stereocenters. The van der Waals surface area contributed by atoms with Crippen LogP contribution in [0, 0.1) is 5.92 Å². The molecule has 2 N–H and O–H groups in total. The summed E-state index contributed by atoms with van der Waals surface area (Å²) in [6, 6.07) is 0. The number of alkyl halides is 1. The van der Waals surface area contributed by atoms with Gasteiger partial charge in [0.1, 0.15) is 17.3 Å². The van der Waals surface area contributed by atoms with E-state index in [1.54, 1.807) is 25.2 Å². The van der Waals surface area contributed by atoms with Crippen LogP contribution >= 0.6 is 11.6 Å². The van der Waals surface area contributed by atoms with E-state index in [4.69, 9.17) is 26.4 Å². The van der Waals surface area contributed by atoms with E-state index in [-0.39, 0.29) is 23.4 Å². The Balaban J connectivity index is 2.80. The average molecular weight is 301 g/mol. The lowest BCUT2D eigenvalue weighted by Crippen LogP contribution is -2.08. The van der Waals surface area contributed by atoms with Crippen molar-refractivity contribution >= 4 is 18.7 Å². The van der Waals surface area contributed by atoms with Crippen LogP contribution in [0.4, 0.5) is 4.39 Å². The van der Waals surface area contributed by atoms with Crippen molar-refractivity contribution in [3.05, 3.63) is 47.7 Å². The Hall–Kier alpha value is -1.04. The first-order valence-corrected chi connectivity index (χ1v) is 6.95. The van der Waals surface area contributed by atoms with Crippen LogP contribution in [0.25, 0.3) is 0 Å². The molecule has 1 aliphatic rings. The lowest BCUT2D eigenvalue weighted by atomic mass is 9.86. The standard InChI is InChI=1S/C14H19BClFO3/c1-10-5-6-12(17)9-14(10)20-13(8-11(2)16)4-3-7-15(18)19/h3-4,6,8-11,18-19H,5,7H2,1-2H3/b4-3-,13-8+. The number of rotatable bonds is 6. The highest BCUT2D eigenvalue weighted by Gasteiger charge is 2.16. The Morgan fingerprint density at radius 3 is 2.95 bits per heavy atom. The van der Waals surface area contributed by atoms with Crippen LogP contribution < -0.4 is 0 Å². The first kappa shape index (κ1) is 17.0. The maximum Gasteiger partial charge on any atom is 0.455 e. The SMILES string of the molecule is CC(Cl)/C=C(\C=C/CB(O)O)OC1=CC(F)=CCC1C. The molecular formula is C14H19BClFO3. The quantitative estimate of drug-likeness (QED) is 0.342. The molecule has 0 aromatic heterocycles. The zero-order valence-electron chi connectivity index (χ0n) is 11.6. The maximum atomic E-state index is 13.3. The van der Waals surface area contributed by atoms with E-state index < -0.39 is 7.12 Å². The largest absolute Gasteiger partial charge is 0.462 e. The number of allylic oxidation sites excluding steroid dienone is 7. The summed E-state index contributed by atoms with van der Waals surface area (Å²) in [5, 5.41) is 17.3. The van der Waals surface area contributed by atoms with Gasteiger partial charge in [0.2, 0.25) is 0 Å². The van der Waals surface area contributed by atoms with E-state index in [9.17, 15) is 4.39 Å². The molecule has 0 fully saturated rings. The van der Waals surface area contributed by atoms with Crippen LogP contribution in [0.3, 0.4) is 0 Å². The van der Waals surface area contributed by atoms with Crippen molar-refractivity contribution in [2.75, 3.05) is 0 Å². The number of ether oxygens (including phenoxy) is 1. The van der Waals surface area contributed by atoms with Gasteiger partial charge in [0.25, 0.3) is 0 Å². The van der Waals surface area contributed by atoms with Crippen LogP contribution in [0.5, 0.6) is 0 Å². The van der Waals surface area contributed by atoms with Gasteiger partial charge >= 0.3 is 7.12 Å². The first-order chi connectivity index (χ1) is 9.38. The number of hydrogen-bond donors (Lipinski definition) is 2. The molecular weight excluding hydrogens is 281 g/mol. The van der Waals surface area contributed by atoms with Gasteiger partial charge in [-0.1, -0.05) is 13.0 Å². The highest BCUT2D eigenvalue weighted by Crippen LogP contribution is 2.27. The summed E-state index contributed by atoms with van der Waals surface area (Å²) in [6.45, 7) is 3.72. The second-order valence-corrected chi connectivity index (χ2v) is 5.43. The van der Waals surface area contributed by atoms with E-state index >= 15 is 0 Å². The van der Waals surface area contributed by atoms with Gasteiger partial charge in [-0.3, -0.25) is 0 Å².